The highest BCUT2D eigenvalue weighted by Crippen LogP contribution is 2.29. The zero-order chi connectivity index (χ0) is 20.4. The minimum atomic E-state index is -0.152. The number of fused-ring (bicyclic) bond motifs is 2. The molecule has 29 heavy (non-hydrogen) atoms. The van der Waals surface area contributed by atoms with E-state index >= 15 is 0 Å². The zero-order valence-electron chi connectivity index (χ0n) is 14.9. The molecule has 0 radical (unpaired) electrons. The first-order valence-corrected chi connectivity index (χ1v) is 11.9. The summed E-state index contributed by atoms with van der Waals surface area (Å²) in [7, 11) is 0. The first-order valence-electron chi connectivity index (χ1n) is 8.68. The van der Waals surface area contributed by atoms with Crippen molar-refractivity contribution in [3.63, 3.8) is 0 Å². The Morgan fingerprint density at radius 1 is 0.793 bits per heavy atom. The van der Waals surface area contributed by atoms with Crippen LogP contribution in [0.4, 0.5) is 10.3 Å². The highest BCUT2D eigenvalue weighted by molar-refractivity contribution is 9.10. The number of nitrogens with zero attached hydrogens (tertiary/aromatic N) is 2. The first-order chi connectivity index (χ1) is 14.0. The molecule has 4 aromatic rings. The molecule has 2 aromatic carbocycles. The molecule has 0 saturated heterocycles. The van der Waals surface area contributed by atoms with Crippen LogP contribution >= 0.6 is 54.5 Å². The lowest BCUT2D eigenvalue weighted by atomic mass is 10.2. The number of nitrogens with one attached hydrogen (secondary N) is 2. The summed E-state index contributed by atoms with van der Waals surface area (Å²) < 4.78 is 3.94. The van der Waals surface area contributed by atoms with Gasteiger partial charge in [-0.1, -0.05) is 54.5 Å². The summed E-state index contributed by atoms with van der Waals surface area (Å²) in [5.41, 5.74) is 1.69. The lowest BCUT2D eigenvalue weighted by Crippen LogP contribution is -2.14. The van der Waals surface area contributed by atoms with Gasteiger partial charge in [0, 0.05) is 21.8 Å². The van der Waals surface area contributed by atoms with Crippen LogP contribution in [0.2, 0.25) is 0 Å². The average molecular weight is 554 g/mol. The van der Waals surface area contributed by atoms with Crippen molar-refractivity contribution in [2.45, 2.75) is 19.3 Å². The number of hydrogen-bond acceptors (Lipinski definition) is 6. The SMILES string of the molecule is O=C(CCCC(=O)Nc1nc2ccc(Br)cc2s1)Nc1nc2ccc(Br)cc2s1. The summed E-state index contributed by atoms with van der Waals surface area (Å²) in [6.45, 7) is 0. The van der Waals surface area contributed by atoms with Crippen LogP contribution in [0.3, 0.4) is 0 Å². The van der Waals surface area contributed by atoms with Crippen LogP contribution in [0.5, 0.6) is 0 Å². The molecule has 148 valence electrons. The molecular formula is C19H14Br2N4O2S2. The molecule has 0 unspecified atom stereocenters. The van der Waals surface area contributed by atoms with Gasteiger partial charge in [-0.25, -0.2) is 9.97 Å². The van der Waals surface area contributed by atoms with Gasteiger partial charge in [-0.2, -0.15) is 0 Å². The molecule has 2 heterocycles. The van der Waals surface area contributed by atoms with Crippen molar-refractivity contribution in [3.05, 3.63) is 45.3 Å². The maximum absolute atomic E-state index is 12.1. The molecule has 10 heteroatoms. The Balaban J connectivity index is 1.26. The van der Waals surface area contributed by atoms with Gasteiger partial charge in [0.05, 0.1) is 20.4 Å². The Morgan fingerprint density at radius 3 is 1.69 bits per heavy atom. The van der Waals surface area contributed by atoms with E-state index in [1.54, 1.807) is 0 Å². The summed E-state index contributed by atoms with van der Waals surface area (Å²) in [5, 5.41) is 6.73. The van der Waals surface area contributed by atoms with E-state index in [9.17, 15) is 9.59 Å². The fourth-order valence-electron chi connectivity index (χ4n) is 2.68. The minimum absolute atomic E-state index is 0.152. The van der Waals surface area contributed by atoms with Crippen LogP contribution in [-0.2, 0) is 9.59 Å². The number of rotatable bonds is 6. The van der Waals surface area contributed by atoms with Crippen molar-refractivity contribution in [1.29, 1.82) is 0 Å². The standard InChI is InChI=1S/C19H14Br2N4O2S2/c20-10-4-6-12-14(8-10)28-18(22-12)24-16(26)2-1-3-17(27)25-19-23-13-7-5-11(21)9-15(13)29-19/h4-9H,1-3H2,(H,22,24,26)(H,23,25,27). The van der Waals surface area contributed by atoms with Crippen molar-refractivity contribution in [2.24, 2.45) is 0 Å². The summed E-state index contributed by atoms with van der Waals surface area (Å²) in [6.07, 6.45) is 0.949. The van der Waals surface area contributed by atoms with Crippen molar-refractivity contribution in [2.75, 3.05) is 10.6 Å². The zero-order valence-corrected chi connectivity index (χ0v) is 19.7. The second-order valence-corrected chi connectivity index (χ2v) is 10.1. The molecular weight excluding hydrogens is 540 g/mol. The van der Waals surface area contributed by atoms with Crippen molar-refractivity contribution >= 4 is 97.0 Å². The van der Waals surface area contributed by atoms with E-state index in [2.05, 4.69) is 52.5 Å². The summed E-state index contributed by atoms with van der Waals surface area (Å²) in [6, 6.07) is 11.6. The summed E-state index contributed by atoms with van der Waals surface area (Å²) in [4.78, 5) is 33.1. The van der Waals surface area contributed by atoms with Gasteiger partial charge in [0.2, 0.25) is 11.8 Å². The lowest BCUT2D eigenvalue weighted by molar-refractivity contribution is -0.117. The smallest absolute Gasteiger partial charge is 0.226 e. The van der Waals surface area contributed by atoms with Crippen LogP contribution in [0.1, 0.15) is 19.3 Å². The Kier molecular flexibility index (Phi) is 6.23. The van der Waals surface area contributed by atoms with E-state index in [4.69, 9.17) is 0 Å². The second kappa shape index (κ2) is 8.86. The molecule has 0 atom stereocenters. The number of thiazole rings is 2. The molecule has 0 fully saturated rings. The molecule has 2 aromatic heterocycles. The largest absolute Gasteiger partial charge is 0.302 e. The van der Waals surface area contributed by atoms with E-state index < -0.39 is 0 Å². The third-order valence-electron chi connectivity index (χ3n) is 4.00. The monoisotopic (exact) mass is 552 g/mol. The van der Waals surface area contributed by atoms with Gasteiger partial charge in [0.15, 0.2) is 10.3 Å². The van der Waals surface area contributed by atoms with Crippen molar-refractivity contribution in [3.8, 4) is 0 Å². The molecule has 0 saturated carbocycles. The maximum Gasteiger partial charge on any atom is 0.226 e. The molecule has 6 nitrogen and oxygen atoms in total. The average Bonchev–Trinajstić information content (AvgIpc) is 3.23. The Hall–Kier alpha value is -1.88. The molecule has 0 aliphatic rings. The highest BCUT2D eigenvalue weighted by Gasteiger charge is 2.11. The van der Waals surface area contributed by atoms with Gasteiger partial charge < -0.3 is 10.6 Å². The fourth-order valence-corrected chi connectivity index (χ4v) is 5.54. The number of anilines is 2. The molecule has 2 amide bonds. The molecule has 0 bridgehead atoms. The van der Waals surface area contributed by atoms with Crippen molar-refractivity contribution < 1.29 is 9.59 Å². The first kappa shape index (κ1) is 20.4. The van der Waals surface area contributed by atoms with Crippen LogP contribution in [-0.4, -0.2) is 21.8 Å². The molecule has 4 rings (SSSR count). The van der Waals surface area contributed by atoms with Gasteiger partial charge in [-0.3, -0.25) is 9.59 Å². The fraction of sp³-hybridized carbons (Fsp3) is 0.158. The van der Waals surface area contributed by atoms with Gasteiger partial charge in [0.1, 0.15) is 0 Å². The number of amides is 2. The van der Waals surface area contributed by atoms with Crippen molar-refractivity contribution in [1.82, 2.24) is 9.97 Å². The number of hydrogen-bond donors (Lipinski definition) is 2. The Bertz CT molecular complexity index is 1130. The molecule has 0 aliphatic heterocycles. The molecule has 0 spiro atoms. The Labute approximate surface area is 191 Å². The highest BCUT2D eigenvalue weighted by atomic mass is 79.9. The number of halogens is 2. The van der Waals surface area contributed by atoms with Gasteiger partial charge >= 0.3 is 0 Å². The van der Waals surface area contributed by atoms with Crippen LogP contribution in [0.25, 0.3) is 20.4 Å². The lowest BCUT2D eigenvalue weighted by Gasteiger charge is -2.02. The predicted octanol–water partition coefficient (Wildman–Crippen LogP) is 6.18. The molecule has 2 N–H and O–H groups in total. The summed E-state index contributed by atoms with van der Waals surface area (Å²) >= 11 is 9.69. The quantitative estimate of drug-likeness (QED) is 0.298. The topological polar surface area (TPSA) is 84.0 Å². The predicted molar refractivity (Wildman–Crippen MR) is 126 cm³/mol. The Morgan fingerprint density at radius 2 is 1.24 bits per heavy atom. The normalized spacial score (nSPS) is 11.1. The van der Waals surface area contributed by atoms with E-state index in [-0.39, 0.29) is 24.7 Å². The van der Waals surface area contributed by atoms with E-state index in [0.717, 1.165) is 29.4 Å². The van der Waals surface area contributed by atoms with Crippen LogP contribution in [0.15, 0.2) is 45.3 Å². The summed E-state index contributed by atoms with van der Waals surface area (Å²) in [5.74, 6) is -0.304. The van der Waals surface area contributed by atoms with Gasteiger partial charge in [-0.05, 0) is 42.8 Å². The number of aromatic nitrogens is 2. The molecule has 0 aliphatic carbocycles. The van der Waals surface area contributed by atoms with Crippen LogP contribution in [0, 0.1) is 0 Å². The number of benzene rings is 2. The third-order valence-corrected chi connectivity index (χ3v) is 6.86. The van der Waals surface area contributed by atoms with Crippen LogP contribution < -0.4 is 10.6 Å². The van der Waals surface area contributed by atoms with Gasteiger partial charge in [-0.15, -0.1) is 0 Å². The second-order valence-electron chi connectivity index (χ2n) is 6.21. The number of carbonyl (C=O) groups is 2. The van der Waals surface area contributed by atoms with E-state index in [1.165, 1.54) is 22.7 Å². The van der Waals surface area contributed by atoms with E-state index in [0.29, 0.717) is 16.7 Å². The third kappa shape index (κ3) is 5.19. The van der Waals surface area contributed by atoms with E-state index in [1.807, 2.05) is 36.4 Å². The maximum atomic E-state index is 12.1. The minimum Gasteiger partial charge on any atom is -0.302 e. The van der Waals surface area contributed by atoms with Gasteiger partial charge in [0.25, 0.3) is 0 Å². The number of carbonyl (C=O) groups excluding carboxylic acids is 2.